The predicted molar refractivity (Wildman–Crippen MR) is 73.9 cm³/mol. The first-order valence-corrected chi connectivity index (χ1v) is 6.52. The Morgan fingerprint density at radius 2 is 1.93 bits per heavy atom. The van der Waals surface area contributed by atoms with E-state index < -0.39 is 0 Å². The van der Waals surface area contributed by atoms with E-state index >= 15 is 0 Å². The minimum Gasteiger partial charge on any atom is -0.506 e. The fourth-order valence-electron chi connectivity index (χ4n) is 1.10. The second-order valence-electron chi connectivity index (χ2n) is 2.89. The fourth-order valence-corrected chi connectivity index (χ4v) is 3.00. The number of phenolic OH excluding ortho intramolecular Hbond substituents is 1. The average Bonchev–Trinajstić information content (AvgIpc) is 2.14. The molecule has 0 atom stereocenters. The molecule has 0 spiro atoms. The summed E-state index contributed by atoms with van der Waals surface area (Å²) in [5, 5.41) is 9.54. The van der Waals surface area contributed by atoms with Gasteiger partial charge in [0.25, 0.3) is 0 Å². The van der Waals surface area contributed by atoms with Crippen LogP contribution in [0.5, 0.6) is 5.75 Å². The van der Waals surface area contributed by atoms with Crippen LogP contribution in [0.25, 0.3) is 0 Å². The van der Waals surface area contributed by atoms with E-state index in [1.807, 2.05) is 45.2 Å². The lowest BCUT2D eigenvalue weighted by Crippen LogP contribution is -2.07. The van der Waals surface area contributed by atoms with Gasteiger partial charge in [-0.3, -0.25) is 4.79 Å². The summed E-state index contributed by atoms with van der Waals surface area (Å²) in [5.74, 6) is 0.0265. The zero-order valence-electron chi connectivity index (χ0n) is 8.09. The van der Waals surface area contributed by atoms with Crippen molar-refractivity contribution in [2.24, 2.45) is 0 Å². The van der Waals surface area contributed by atoms with Crippen LogP contribution in [0.1, 0.15) is 12.5 Å². The molecule has 0 fully saturated rings. The Morgan fingerprint density at radius 1 is 1.40 bits per heavy atom. The molecule has 0 aliphatic heterocycles. The smallest absolute Gasteiger partial charge is 0.310 e. The van der Waals surface area contributed by atoms with Gasteiger partial charge < -0.3 is 9.84 Å². The normalized spacial score (nSPS) is 10.1. The molecule has 1 rings (SSSR count). The van der Waals surface area contributed by atoms with Crippen molar-refractivity contribution in [3.05, 3.63) is 24.8 Å². The first kappa shape index (κ1) is 13.0. The van der Waals surface area contributed by atoms with Crippen LogP contribution < -0.4 is 0 Å². The van der Waals surface area contributed by atoms with Crippen LogP contribution in [0.15, 0.2) is 12.1 Å². The summed E-state index contributed by atoms with van der Waals surface area (Å²) in [6.45, 7) is 2.17. The quantitative estimate of drug-likeness (QED) is 0.591. The summed E-state index contributed by atoms with van der Waals surface area (Å²) in [7, 11) is 0. The van der Waals surface area contributed by atoms with Gasteiger partial charge in [0.15, 0.2) is 0 Å². The number of carbonyl (C=O) groups excluding carboxylic acids is 1. The molecule has 0 radical (unpaired) electrons. The number of esters is 1. The van der Waals surface area contributed by atoms with E-state index in [-0.39, 0.29) is 18.1 Å². The molecule has 0 saturated heterocycles. The molecule has 0 aliphatic carbocycles. The number of phenols is 1. The molecular weight excluding hydrogens is 422 g/mol. The molecule has 0 aromatic heterocycles. The molecule has 15 heavy (non-hydrogen) atoms. The van der Waals surface area contributed by atoms with Gasteiger partial charge in [0.05, 0.1) is 20.2 Å². The van der Waals surface area contributed by atoms with E-state index in [9.17, 15) is 9.90 Å². The number of benzene rings is 1. The van der Waals surface area contributed by atoms with Crippen LogP contribution >= 0.6 is 45.2 Å². The number of carbonyl (C=O) groups is 1. The Bertz CT molecular complexity index is 354. The highest BCUT2D eigenvalue weighted by Gasteiger charge is 2.09. The second-order valence-corrected chi connectivity index (χ2v) is 5.21. The summed E-state index contributed by atoms with van der Waals surface area (Å²) in [6.07, 6.45) is 0.250. The molecule has 0 amide bonds. The Labute approximate surface area is 115 Å². The molecule has 1 N–H and O–H groups in total. The highest BCUT2D eigenvalue weighted by Crippen LogP contribution is 2.27. The van der Waals surface area contributed by atoms with Crippen LogP contribution in [0.3, 0.4) is 0 Å². The number of ether oxygens (including phenoxy) is 1. The predicted octanol–water partition coefficient (Wildman–Crippen LogP) is 2.71. The number of rotatable bonds is 3. The summed E-state index contributed by atoms with van der Waals surface area (Å²) in [5.41, 5.74) is 0.861. The summed E-state index contributed by atoms with van der Waals surface area (Å²) in [6, 6.07) is 3.57. The molecule has 1 aromatic carbocycles. The van der Waals surface area contributed by atoms with E-state index in [1.165, 1.54) is 0 Å². The molecule has 0 saturated carbocycles. The van der Waals surface area contributed by atoms with E-state index in [1.54, 1.807) is 19.1 Å². The maximum Gasteiger partial charge on any atom is 0.310 e. The average molecular weight is 432 g/mol. The fraction of sp³-hybridized carbons (Fsp3) is 0.300. The van der Waals surface area contributed by atoms with E-state index in [4.69, 9.17) is 4.74 Å². The van der Waals surface area contributed by atoms with Crippen molar-refractivity contribution < 1.29 is 14.6 Å². The lowest BCUT2D eigenvalue weighted by atomic mass is 10.1. The van der Waals surface area contributed by atoms with Crippen molar-refractivity contribution >= 4 is 51.2 Å². The van der Waals surface area contributed by atoms with Gasteiger partial charge in [-0.1, -0.05) is 0 Å². The van der Waals surface area contributed by atoms with Gasteiger partial charge in [0, 0.05) is 0 Å². The number of hydrogen-bond donors (Lipinski definition) is 1. The molecular formula is C10H10I2O3. The van der Waals surface area contributed by atoms with Gasteiger partial charge in [-0.05, 0) is 69.8 Å². The van der Waals surface area contributed by atoms with Gasteiger partial charge in [-0.25, -0.2) is 0 Å². The Hall–Kier alpha value is -0.0500. The highest BCUT2D eigenvalue weighted by molar-refractivity contribution is 14.1. The van der Waals surface area contributed by atoms with Crippen molar-refractivity contribution in [3.63, 3.8) is 0 Å². The summed E-state index contributed by atoms with van der Waals surface area (Å²) >= 11 is 4.07. The van der Waals surface area contributed by atoms with Crippen molar-refractivity contribution in [1.29, 1.82) is 0 Å². The highest BCUT2D eigenvalue weighted by atomic mass is 127. The Kier molecular flexibility index (Phi) is 5.10. The van der Waals surface area contributed by atoms with Crippen molar-refractivity contribution in [2.75, 3.05) is 6.61 Å². The van der Waals surface area contributed by atoms with Crippen LogP contribution in [0, 0.1) is 7.14 Å². The van der Waals surface area contributed by atoms with Crippen LogP contribution in [-0.2, 0) is 16.0 Å². The topological polar surface area (TPSA) is 46.5 Å². The maximum atomic E-state index is 11.2. The van der Waals surface area contributed by atoms with Gasteiger partial charge >= 0.3 is 5.97 Å². The molecule has 0 aliphatic rings. The SMILES string of the molecule is CCOC(=O)Cc1cc(I)c(O)c(I)c1. The maximum absolute atomic E-state index is 11.2. The van der Waals surface area contributed by atoms with Crippen molar-refractivity contribution in [1.82, 2.24) is 0 Å². The van der Waals surface area contributed by atoms with E-state index in [2.05, 4.69) is 0 Å². The summed E-state index contributed by atoms with van der Waals surface area (Å²) in [4.78, 5) is 11.2. The van der Waals surface area contributed by atoms with Crippen molar-refractivity contribution in [2.45, 2.75) is 13.3 Å². The second kappa shape index (κ2) is 5.88. The zero-order chi connectivity index (χ0) is 11.4. The molecule has 0 unspecified atom stereocenters. The van der Waals surface area contributed by atoms with E-state index in [0.717, 1.165) is 12.7 Å². The molecule has 82 valence electrons. The number of aromatic hydroxyl groups is 1. The van der Waals surface area contributed by atoms with Crippen LogP contribution in [0.2, 0.25) is 0 Å². The van der Waals surface area contributed by atoms with Gasteiger partial charge in [-0.2, -0.15) is 0 Å². The first-order chi connectivity index (χ1) is 7.04. The van der Waals surface area contributed by atoms with E-state index in [0.29, 0.717) is 6.61 Å². The molecule has 0 heterocycles. The third-order valence-electron chi connectivity index (χ3n) is 1.73. The van der Waals surface area contributed by atoms with Gasteiger partial charge in [-0.15, -0.1) is 0 Å². The molecule has 5 heteroatoms. The molecule has 0 bridgehead atoms. The van der Waals surface area contributed by atoms with Crippen LogP contribution in [-0.4, -0.2) is 17.7 Å². The zero-order valence-corrected chi connectivity index (χ0v) is 12.4. The Morgan fingerprint density at radius 3 is 2.40 bits per heavy atom. The monoisotopic (exact) mass is 432 g/mol. The van der Waals surface area contributed by atoms with Crippen molar-refractivity contribution in [3.8, 4) is 5.75 Å². The van der Waals surface area contributed by atoms with Gasteiger partial charge in [0.2, 0.25) is 0 Å². The minimum atomic E-state index is -0.241. The summed E-state index contributed by atoms with van der Waals surface area (Å²) < 4.78 is 6.35. The molecule has 1 aromatic rings. The third kappa shape index (κ3) is 3.78. The third-order valence-corrected chi connectivity index (χ3v) is 3.38. The van der Waals surface area contributed by atoms with Gasteiger partial charge in [0.1, 0.15) is 5.75 Å². The van der Waals surface area contributed by atoms with Crippen LogP contribution in [0.4, 0.5) is 0 Å². The standard InChI is InChI=1S/C10H10I2O3/c1-2-15-9(13)5-6-3-7(11)10(14)8(12)4-6/h3-4,14H,2,5H2,1H3. The number of halogens is 2. The first-order valence-electron chi connectivity index (χ1n) is 4.37. The number of hydrogen-bond acceptors (Lipinski definition) is 3. The largest absolute Gasteiger partial charge is 0.506 e. The Balaban J connectivity index is 2.83. The minimum absolute atomic E-state index is 0.241. The molecule has 3 nitrogen and oxygen atoms in total. The lowest BCUT2D eigenvalue weighted by Gasteiger charge is -2.05. The lowest BCUT2D eigenvalue weighted by molar-refractivity contribution is -0.142.